The van der Waals surface area contributed by atoms with E-state index in [1.807, 2.05) is 11.3 Å². The van der Waals surface area contributed by atoms with Crippen LogP contribution in [0.25, 0.3) is 12.2 Å². The summed E-state index contributed by atoms with van der Waals surface area (Å²) in [6.07, 6.45) is 8.96. The Balaban J connectivity index is 2.76. The monoisotopic (exact) mass is 190 g/mol. The van der Waals surface area contributed by atoms with Crippen molar-refractivity contribution in [2.75, 3.05) is 0 Å². The minimum Gasteiger partial charge on any atom is -0.141 e. The maximum Gasteiger partial charge on any atom is 0.0342 e. The third-order valence-corrected chi connectivity index (χ3v) is 3.25. The lowest BCUT2D eigenvalue weighted by Crippen LogP contribution is -2.19. The molecule has 1 aromatic heterocycles. The maximum absolute atomic E-state index is 2.34. The van der Waals surface area contributed by atoms with E-state index in [2.05, 4.69) is 51.1 Å². The van der Waals surface area contributed by atoms with E-state index < -0.39 is 0 Å². The largest absolute Gasteiger partial charge is 0.141 e. The zero-order valence-electron chi connectivity index (χ0n) is 8.29. The zero-order valence-corrected chi connectivity index (χ0v) is 9.11. The van der Waals surface area contributed by atoms with Crippen molar-refractivity contribution in [2.24, 2.45) is 5.41 Å². The highest BCUT2D eigenvalue weighted by Crippen LogP contribution is 2.19. The van der Waals surface area contributed by atoms with Gasteiger partial charge < -0.3 is 0 Å². The van der Waals surface area contributed by atoms with Gasteiger partial charge in [0, 0.05) is 14.8 Å². The quantitative estimate of drug-likeness (QED) is 0.588. The Kier molecular flexibility index (Phi) is 1.92. The number of aryl methyl sites for hydroxylation is 1. The van der Waals surface area contributed by atoms with Crippen LogP contribution in [0.4, 0.5) is 0 Å². The molecule has 13 heavy (non-hydrogen) atoms. The summed E-state index contributed by atoms with van der Waals surface area (Å²) < 4.78 is 1.39. The summed E-state index contributed by atoms with van der Waals surface area (Å²) in [7, 11) is 0. The van der Waals surface area contributed by atoms with Gasteiger partial charge in [0.2, 0.25) is 0 Å². The Morgan fingerprint density at radius 2 is 2.08 bits per heavy atom. The first-order valence-corrected chi connectivity index (χ1v) is 5.37. The van der Waals surface area contributed by atoms with Gasteiger partial charge in [-0.25, -0.2) is 0 Å². The molecule has 0 atom stereocenters. The van der Waals surface area contributed by atoms with Gasteiger partial charge in [0.25, 0.3) is 0 Å². The Morgan fingerprint density at radius 3 is 2.85 bits per heavy atom. The van der Waals surface area contributed by atoms with Crippen molar-refractivity contribution >= 4 is 23.5 Å². The predicted molar refractivity (Wildman–Crippen MR) is 60.2 cm³/mol. The molecule has 0 aliphatic heterocycles. The van der Waals surface area contributed by atoms with Crippen LogP contribution in [0.5, 0.6) is 0 Å². The second-order valence-corrected chi connectivity index (χ2v) is 5.46. The lowest BCUT2D eigenvalue weighted by atomic mass is 9.92. The highest BCUT2D eigenvalue weighted by Gasteiger charge is 2.10. The molecule has 2 rings (SSSR count). The molecule has 0 spiro atoms. The van der Waals surface area contributed by atoms with Crippen LogP contribution in [0.15, 0.2) is 18.2 Å². The molecule has 1 aromatic rings. The highest BCUT2D eigenvalue weighted by molar-refractivity contribution is 7.09. The standard InChI is InChI=1S/C12H14S/c1-9-7-10-8-12(2,3)6-4-5-11(10)13-9/h4-8H,1-3H3. The summed E-state index contributed by atoms with van der Waals surface area (Å²) in [6.45, 7) is 6.64. The van der Waals surface area contributed by atoms with E-state index >= 15 is 0 Å². The molecule has 0 saturated heterocycles. The lowest BCUT2D eigenvalue weighted by molar-refractivity contribution is 0.671. The molecule has 1 aliphatic rings. The first kappa shape index (κ1) is 8.76. The number of fused-ring (bicyclic) bond motifs is 1. The van der Waals surface area contributed by atoms with E-state index in [-0.39, 0.29) is 5.41 Å². The van der Waals surface area contributed by atoms with Crippen LogP contribution < -0.4 is 9.75 Å². The van der Waals surface area contributed by atoms with E-state index in [0.717, 1.165) is 0 Å². The SMILES string of the molecule is Cc1cc2c(s1)=CC=CC(C)(C)C=2. The summed E-state index contributed by atoms with van der Waals surface area (Å²) >= 11 is 1.87. The fourth-order valence-corrected chi connectivity index (χ4v) is 2.54. The summed E-state index contributed by atoms with van der Waals surface area (Å²) in [4.78, 5) is 1.39. The molecule has 0 saturated carbocycles. The third-order valence-electron chi connectivity index (χ3n) is 2.22. The van der Waals surface area contributed by atoms with Crippen LogP contribution in [-0.2, 0) is 0 Å². The van der Waals surface area contributed by atoms with E-state index in [1.165, 1.54) is 14.6 Å². The van der Waals surface area contributed by atoms with E-state index in [9.17, 15) is 0 Å². The molecule has 1 aliphatic carbocycles. The summed E-state index contributed by atoms with van der Waals surface area (Å²) in [5.41, 5.74) is 0.190. The Hall–Kier alpha value is -0.820. The normalized spacial score (nSPS) is 18.4. The van der Waals surface area contributed by atoms with Gasteiger partial charge >= 0.3 is 0 Å². The van der Waals surface area contributed by atoms with Crippen molar-refractivity contribution in [1.82, 2.24) is 0 Å². The van der Waals surface area contributed by atoms with Crippen molar-refractivity contribution in [1.29, 1.82) is 0 Å². The fourth-order valence-electron chi connectivity index (χ4n) is 1.63. The molecule has 0 bridgehead atoms. The summed E-state index contributed by atoms with van der Waals surface area (Å²) in [5, 5.41) is 1.39. The van der Waals surface area contributed by atoms with Crippen LogP contribution in [-0.4, -0.2) is 0 Å². The topological polar surface area (TPSA) is 0 Å². The van der Waals surface area contributed by atoms with Gasteiger partial charge in [0.15, 0.2) is 0 Å². The molecule has 0 radical (unpaired) electrons. The van der Waals surface area contributed by atoms with Crippen LogP contribution in [0, 0.1) is 12.3 Å². The Labute approximate surface area is 82.9 Å². The minimum absolute atomic E-state index is 0.190. The van der Waals surface area contributed by atoms with Crippen molar-refractivity contribution in [2.45, 2.75) is 20.8 Å². The molecule has 1 heteroatoms. The average Bonchev–Trinajstić information content (AvgIpc) is 2.23. The summed E-state index contributed by atoms with van der Waals surface area (Å²) in [6, 6.07) is 2.27. The van der Waals surface area contributed by atoms with Crippen LogP contribution >= 0.6 is 11.3 Å². The van der Waals surface area contributed by atoms with Gasteiger partial charge in [-0.3, -0.25) is 0 Å². The lowest BCUT2D eigenvalue weighted by Gasteiger charge is -2.12. The highest BCUT2D eigenvalue weighted by atomic mass is 32.1. The first-order chi connectivity index (χ1) is 6.07. The van der Waals surface area contributed by atoms with Crippen LogP contribution in [0.3, 0.4) is 0 Å². The molecular formula is C12H14S. The Morgan fingerprint density at radius 1 is 1.31 bits per heavy atom. The van der Waals surface area contributed by atoms with Gasteiger partial charge in [-0.05, 0) is 24.3 Å². The van der Waals surface area contributed by atoms with Crippen LogP contribution in [0.2, 0.25) is 0 Å². The van der Waals surface area contributed by atoms with Crippen molar-refractivity contribution in [3.05, 3.63) is 32.8 Å². The zero-order chi connectivity index (χ0) is 9.47. The molecule has 0 fully saturated rings. The fraction of sp³-hybridized carbons (Fsp3) is 0.333. The molecule has 0 amide bonds. The smallest absolute Gasteiger partial charge is 0.0342 e. The van der Waals surface area contributed by atoms with Crippen molar-refractivity contribution in [3.8, 4) is 0 Å². The second-order valence-electron chi connectivity index (χ2n) is 4.17. The molecule has 0 nitrogen and oxygen atoms in total. The van der Waals surface area contributed by atoms with Crippen molar-refractivity contribution in [3.63, 3.8) is 0 Å². The predicted octanol–water partition coefficient (Wildman–Crippen LogP) is 2.21. The van der Waals surface area contributed by atoms with E-state index in [1.54, 1.807) is 0 Å². The van der Waals surface area contributed by atoms with Gasteiger partial charge in [-0.15, -0.1) is 11.3 Å². The molecular weight excluding hydrogens is 176 g/mol. The molecule has 1 heterocycles. The van der Waals surface area contributed by atoms with Gasteiger partial charge in [-0.1, -0.05) is 32.1 Å². The molecule has 68 valence electrons. The Bertz CT molecular complexity index is 458. The first-order valence-electron chi connectivity index (χ1n) is 4.56. The number of allylic oxidation sites excluding steroid dienone is 2. The average molecular weight is 190 g/mol. The number of hydrogen-bond donors (Lipinski definition) is 0. The van der Waals surface area contributed by atoms with Gasteiger partial charge in [0.1, 0.15) is 0 Å². The summed E-state index contributed by atoms with van der Waals surface area (Å²) in [5.74, 6) is 0. The minimum atomic E-state index is 0.190. The van der Waals surface area contributed by atoms with E-state index in [0.29, 0.717) is 0 Å². The molecule has 0 aromatic carbocycles. The number of rotatable bonds is 0. The van der Waals surface area contributed by atoms with Gasteiger partial charge in [-0.2, -0.15) is 0 Å². The number of hydrogen-bond acceptors (Lipinski definition) is 1. The van der Waals surface area contributed by atoms with Gasteiger partial charge in [0.05, 0.1) is 0 Å². The molecule has 0 unspecified atom stereocenters. The van der Waals surface area contributed by atoms with Crippen LogP contribution in [0.1, 0.15) is 18.7 Å². The van der Waals surface area contributed by atoms with E-state index in [4.69, 9.17) is 0 Å². The third kappa shape index (κ3) is 1.75. The van der Waals surface area contributed by atoms with Crippen molar-refractivity contribution < 1.29 is 0 Å². The maximum atomic E-state index is 2.34. The molecule has 0 N–H and O–H groups in total. The number of thiophene rings is 1. The second kappa shape index (κ2) is 2.85.